The van der Waals surface area contributed by atoms with Gasteiger partial charge in [-0.3, -0.25) is 10.1 Å². The number of nitro benzene ring substituents is 1. The molecule has 0 unspecified atom stereocenters. The van der Waals surface area contributed by atoms with Crippen LogP contribution in [0.5, 0.6) is 5.75 Å². The second-order valence-corrected chi connectivity index (χ2v) is 7.55. The molecule has 0 heterocycles. The van der Waals surface area contributed by atoms with Crippen molar-refractivity contribution in [1.82, 2.24) is 0 Å². The summed E-state index contributed by atoms with van der Waals surface area (Å²) in [6.07, 6.45) is 0.944. The van der Waals surface area contributed by atoms with Crippen molar-refractivity contribution in [1.29, 1.82) is 0 Å². The van der Waals surface area contributed by atoms with E-state index >= 15 is 0 Å². The van der Waals surface area contributed by atoms with Gasteiger partial charge >= 0.3 is 0 Å². The quantitative estimate of drug-likeness (QED) is 0.529. The van der Waals surface area contributed by atoms with Crippen LogP contribution in [0.15, 0.2) is 18.2 Å². The van der Waals surface area contributed by atoms with Crippen LogP contribution in [0.4, 0.5) is 5.69 Å². The smallest absolute Gasteiger partial charge is 0.274 e. The van der Waals surface area contributed by atoms with Crippen LogP contribution >= 0.6 is 11.6 Å². The molecule has 0 fully saturated rings. The van der Waals surface area contributed by atoms with E-state index in [0.29, 0.717) is 12.4 Å². The summed E-state index contributed by atoms with van der Waals surface area (Å²) in [6, 6.07) is 4.20. The summed E-state index contributed by atoms with van der Waals surface area (Å²) < 4.78 is 11.5. The van der Waals surface area contributed by atoms with Crippen LogP contribution in [0, 0.1) is 15.5 Å². The second-order valence-electron chi connectivity index (χ2n) is 7.11. The highest BCUT2D eigenvalue weighted by Gasteiger charge is 2.22. The minimum Gasteiger partial charge on any atom is -0.490 e. The SMILES string of the molecule is CC(C)(C)CCOC(C)(C)COc1cc(Cl)cc([N+](=O)[O-])c1. The number of nitrogens with zero attached hydrogens (tertiary/aromatic N) is 1. The summed E-state index contributed by atoms with van der Waals surface area (Å²) in [5, 5.41) is 11.1. The van der Waals surface area contributed by atoms with Gasteiger partial charge in [0.2, 0.25) is 0 Å². The number of rotatable bonds is 7. The van der Waals surface area contributed by atoms with Crippen LogP contribution in [0.2, 0.25) is 5.02 Å². The monoisotopic (exact) mass is 329 g/mol. The first-order chi connectivity index (χ1) is 9.98. The number of benzene rings is 1. The number of nitro groups is 1. The Balaban J connectivity index is 2.59. The van der Waals surface area contributed by atoms with Gasteiger partial charge in [-0.05, 0) is 31.7 Å². The lowest BCUT2D eigenvalue weighted by atomic mass is 9.93. The average molecular weight is 330 g/mol. The van der Waals surface area contributed by atoms with Crippen molar-refractivity contribution >= 4 is 17.3 Å². The van der Waals surface area contributed by atoms with Crippen molar-refractivity contribution in [2.45, 2.75) is 46.6 Å². The molecule has 0 aromatic heterocycles. The fourth-order valence-corrected chi connectivity index (χ4v) is 1.89. The van der Waals surface area contributed by atoms with Crippen LogP contribution in [0.25, 0.3) is 0 Å². The Morgan fingerprint density at radius 3 is 2.36 bits per heavy atom. The van der Waals surface area contributed by atoms with E-state index < -0.39 is 10.5 Å². The summed E-state index contributed by atoms with van der Waals surface area (Å²) in [5.41, 5.74) is -0.360. The maximum atomic E-state index is 10.8. The van der Waals surface area contributed by atoms with E-state index in [-0.39, 0.29) is 22.7 Å². The fraction of sp³-hybridized carbons (Fsp3) is 0.625. The second kappa shape index (κ2) is 7.29. The van der Waals surface area contributed by atoms with Gasteiger partial charge in [-0.1, -0.05) is 32.4 Å². The first-order valence-electron chi connectivity index (χ1n) is 7.20. The van der Waals surface area contributed by atoms with Crippen molar-refractivity contribution in [2.24, 2.45) is 5.41 Å². The van der Waals surface area contributed by atoms with Crippen molar-refractivity contribution in [3.05, 3.63) is 33.3 Å². The van der Waals surface area contributed by atoms with E-state index in [2.05, 4.69) is 20.8 Å². The molecule has 0 aliphatic rings. The summed E-state index contributed by atoms with van der Waals surface area (Å²) >= 11 is 5.86. The molecule has 0 bridgehead atoms. The molecular formula is C16H24ClNO4. The molecule has 5 nitrogen and oxygen atoms in total. The van der Waals surface area contributed by atoms with Crippen LogP contribution in [0.3, 0.4) is 0 Å². The standard InChI is InChI=1S/C16H24ClNO4/c1-15(2,3)6-7-22-16(4,5)11-21-14-9-12(17)8-13(10-14)18(19)20/h8-10H,6-7,11H2,1-5H3. The molecule has 124 valence electrons. The van der Waals surface area contributed by atoms with E-state index in [1.807, 2.05) is 13.8 Å². The number of hydrogen-bond donors (Lipinski definition) is 0. The Kier molecular flexibility index (Phi) is 6.20. The summed E-state index contributed by atoms with van der Waals surface area (Å²) in [5.74, 6) is 0.367. The van der Waals surface area contributed by atoms with Gasteiger partial charge in [0.1, 0.15) is 12.4 Å². The van der Waals surface area contributed by atoms with E-state index in [0.717, 1.165) is 6.42 Å². The van der Waals surface area contributed by atoms with Gasteiger partial charge in [0.15, 0.2) is 0 Å². The zero-order valence-electron chi connectivity index (χ0n) is 13.8. The maximum Gasteiger partial charge on any atom is 0.274 e. The highest BCUT2D eigenvalue weighted by molar-refractivity contribution is 6.30. The lowest BCUT2D eigenvalue weighted by Crippen LogP contribution is -2.33. The van der Waals surface area contributed by atoms with Gasteiger partial charge in [0.25, 0.3) is 5.69 Å². The number of non-ortho nitro benzene ring substituents is 1. The van der Waals surface area contributed by atoms with E-state index in [4.69, 9.17) is 21.1 Å². The Labute approximate surface area is 136 Å². The third kappa shape index (κ3) is 7.09. The molecule has 0 radical (unpaired) electrons. The molecule has 0 spiro atoms. The molecule has 0 amide bonds. The van der Waals surface area contributed by atoms with E-state index in [1.54, 1.807) is 6.07 Å². The summed E-state index contributed by atoms with van der Waals surface area (Å²) in [7, 11) is 0. The molecule has 1 rings (SSSR count). The van der Waals surface area contributed by atoms with Crippen LogP contribution in [-0.2, 0) is 4.74 Å². The van der Waals surface area contributed by atoms with E-state index in [1.165, 1.54) is 12.1 Å². The number of halogens is 1. The highest BCUT2D eigenvalue weighted by Crippen LogP contribution is 2.27. The Bertz CT molecular complexity index is 523. The predicted octanol–water partition coefficient (Wildman–Crippen LogP) is 4.86. The predicted molar refractivity (Wildman–Crippen MR) is 87.7 cm³/mol. The largest absolute Gasteiger partial charge is 0.490 e. The number of hydrogen-bond acceptors (Lipinski definition) is 4. The maximum absolute atomic E-state index is 10.8. The van der Waals surface area contributed by atoms with Crippen LogP contribution in [-0.4, -0.2) is 23.7 Å². The van der Waals surface area contributed by atoms with E-state index in [9.17, 15) is 10.1 Å². The molecule has 0 aliphatic heterocycles. The third-order valence-corrected chi connectivity index (χ3v) is 3.22. The van der Waals surface area contributed by atoms with Gasteiger partial charge in [0, 0.05) is 12.7 Å². The average Bonchev–Trinajstić information content (AvgIpc) is 2.34. The molecule has 0 aliphatic carbocycles. The molecular weight excluding hydrogens is 306 g/mol. The Morgan fingerprint density at radius 1 is 1.18 bits per heavy atom. The third-order valence-electron chi connectivity index (χ3n) is 3.00. The lowest BCUT2D eigenvalue weighted by molar-refractivity contribution is -0.384. The topological polar surface area (TPSA) is 61.6 Å². The normalized spacial score (nSPS) is 12.3. The van der Waals surface area contributed by atoms with Gasteiger partial charge in [-0.15, -0.1) is 0 Å². The molecule has 0 saturated heterocycles. The molecule has 6 heteroatoms. The molecule has 22 heavy (non-hydrogen) atoms. The van der Waals surface area contributed by atoms with Gasteiger partial charge in [0.05, 0.1) is 21.6 Å². The van der Waals surface area contributed by atoms with Crippen LogP contribution < -0.4 is 4.74 Å². The zero-order chi connectivity index (χ0) is 17.0. The van der Waals surface area contributed by atoms with Gasteiger partial charge < -0.3 is 9.47 Å². The molecule has 1 aromatic rings. The summed E-state index contributed by atoms with van der Waals surface area (Å²) in [4.78, 5) is 10.3. The molecule has 0 atom stereocenters. The van der Waals surface area contributed by atoms with Crippen molar-refractivity contribution in [3.8, 4) is 5.75 Å². The fourth-order valence-electron chi connectivity index (χ4n) is 1.67. The number of ether oxygens (including phenoxy) is 2. The Hall–Kier alpha value is -1.33. The van der Waals surface area contributed by atoms with Crippen LogP contribution in [0.1, 0.15) is 41.0 Å². The minimum atomic E-state index is -0.496. The first-order valence-corrected chi connectivity index (χ1v) is 7.58. The lowest BCUT2D eigenvalue weighted by Gasteiger charge is -2.27. The molecule has 0 N–H and O–H groups in total. The minimum absolute atomic E-state index is 0.0889. The first kappa shape index (κ1) is 18.7. The van der Waals surface area contributed by atoms with Crippen molar-refractivity contribution < 1.29 is 14.4 Å². The van der Waals surface area contributed by atoms with Crippen molar-refractivity contribution in [3.63, 3.8) is 0 Å². The molecule has 1 aromatic carbocycles. The van der Waals surface area contributed by atoms with Gasteiger partial charge in [-0.2, -0.15) is 0 Å². The Morgan fingerprint density at radius 2 is 1.82 bits per heavy atom. The zero-order valence-corrected chi connectivity index (χ0v) is 14.6. The molecule has 0 saturated carbocycles. The summed E-state index contributed by atoms with van der Waals surface area (Å²) in [6.45, 7) is 11.2. The highest BCUT2D eigenvalue weighted by atomic mass is 35.5. The van der Waals surface area contributed by atoms with Gasteiger partial charge in [-0.25, -0.2) is 0 Å². The van der Waals surface area contributed by atoms with Crippen molar-refractivity contribution in [2.75, 3.05) is 13.2 Å².